The van der Waals surface area contributed by atoms with Crippen LogP contribution < -0.4 is 4.74 Å². The maximum absolute atomic E-state index is 12.9. The van der Waals surface area contributed by atoms with Gasteiger partial charge in [0.15, 0.2) is 0 Å². The summed E-state index contributed by atoms with van der Waals surface area (Å²) < 4.78 is 5.58. The highest BCUT2D eigenvalue weighted by Crippen LogP contribution is 2.40. The van der Waals surface area contributed by atoms with Crippen molar-refractivity contribution in [1.29, 1.82) is 0 Å². The second-order valence-electron chi connectivity index (χ2n) is 7.22. The van der Waals surface area contributed by atoms with Crippen LogP contribution in [0.2, 0.25) is 0 Å². The maximum Gasteiger partial charge on any atom is 0.295 e. The number of aliphatic hydroxyl groups excluding tert-OH is 1. The Morgan fingerprint density at radius 2 is 1.72 bits per heavy atom. The number of ether oxygens (including phenoxy) is 1. The Kier molecular flexibility index (Phi) is 6.37. The third kappa shape index (κ3) is 4.04. The Morgan fingerprint density at radius 1 is 1.03 bits per heavy atom. The van der Waals surface area contributed by atoms with E-state index in [1.54, 1.807) is 29.2 Å². The third-order valence-corrected chi connectivity index (χ3v) is 5.09. The van der Waals surface area contributed by atoms with E-state index in [2.05, 4.69) is 0 Å². The van der Waals surface area contributed by atoms with Gasteiger partial charge in [-0.25, -0.2) is 0 Å². The van der Waals surface area contributed by atoms with Gasteiger partial charge in [0.1, 0.15) is 11.5 Å². The number of rotatable bonds is 7. The van der Waals surface area contributed by atoms with Gasteiger partial charge in [-0.3, -0.25) is 9.59 Å². The molecule has 1 atom stereocenters. The number of carbonyl (C=O) groups excluding carboxylic acids is 2. The Morgan fingerprint density at radius 3 is 2.34 bits per heavy atom. The molecule has 0 aliphatic carbocycles. The Hall–Kier alpha value is -3.08. The minimum atomic E-state index is -0.643. The van der Waals surface area contributed by atoms with Gasteiger partial charge < -0.3 is 14.7 Å². The van der Waals surface area contributed by atoms with E-state index in [9.17, 15) is 14.7 Å². The van der Waals surface area contributed by atoms with E-state index in [1.165, 1.54) is 0 Å². The standard InChI is InChI=1S/C24H27NO4/c1-4-14-25-21(19-9-7-6-8-16(19)3)20(23(27)24(25)28)22(26)17-10-12-18(13-11-17)29-15-5-2/h6-13,21,26H,4-5,14-15H2,1-3H3/b22-20-. The molecular formula is C24H27NO4. The van der Waals surface area contributed by atoms with Crippen LogP contribution in [0.4, 0.5) is 0 Å². The quantitative estimate of drug-likeness (QED) is 0.424. The molecule has 5 nitrogen and oxygen atoms in total. The van der Waals surface area contributed by atoms with E-state index in [-0.39, 0.29) is 11.3 Å². The number of likely N-dealkylation sites (tertiary alicyclic amines) is 1. The van der Waals surface area contributed by atoms with Crippen LogP contribution in [0.25, 0.3) is 5.76 Å². The van der Waals surface area contributed by atoms with Crippen LogP contribution in [0.5, 0.6) is 5.75 Å². The second-order valence-corrected chi connectivity index (χ2v) is 7.22. The lowest BCUT2D eigenvalue weighted by Gasteiger charge is -2.26. The van der Waals surface area contributed by atoms with Gasteiger partial charge >= 0.3 is 0 Å². The van der Waals surface area contributed by atoms with Gasteiger partial charge in [-0.15, -0.1) is 0 Å². The van der Waals surface area contributed by atoms with Crippen LogP contribution in [0, 0.1) is 6.92 Å². The largest absolute Gasteiger partial charge is 0.507 e. The van der Waals surface area contributed by atoms with Crippen molar-refractivity contribution in [1.82, 2.24) is 4.90 Å². The molecule has 1 aliphatic heterocycles. The lowest BCUT2D eigenvalue weighted by Crippen LogP contribution is -2.30. The van der Waals surface area contributed by atoms with Gasteiger partial charge in [-0.2, -0.15) is 0 Å². The molecular weight excluding hydrogens is 366 g/mol. The van der Waals surface area contributed by atoms with E-state index >= 15 is 0 Å². The monoisotopic (exact) mass is 393 g/mol. The van der Waals surface area contributed by atoms with Crippen molar-refractivity contribution in [2.45, 2.75) is 39.7 Å². The molecule has 5 heteroatoms. The Balaban J connectivity index is 2.09. The number of carbonyl (C=O) groups is 2. The lowest BCUT2D eigenvalue weighted by atomic mass is 9.92. The highest BCUT2D eigenvalue weighted by molar-refractivity contribution is 6.46. The summed E-state index contributed by atoms with van der Waals surface area (Å²) in [7, 11) is 0. The zero-order valence-electron chi connectivity index (χ0n) is 17.1. The van der Waals surface area contributed by atoms with Crippen molar-refractivity contribution in [2.75, 3.05) is 13.2 Å². The minimum absolute atomic E-state index is 0.139. The summed E-state index contributed by atoms with van der Waals surface area (Å²) in [5.41, 5.74) is 2.45. The molecule has 2 aromatic rings. The zero-order valence-corrected chi connectivity index (χ0v) is 17.1. The van der Waals surface area contributed by atoms with Gasteiger partial charge in [0.05, 0.1) is 18.2 Å². The fraction of sp³-hybridized carbons (Fsp3) is 0.333. The first-order chi connectivity index (χ1) is 14.0. The summed E-state index contributed by atoms with van der Waals surface area (Å²) in [6, 6.07) is 14.0. The lowest BCUT2D eigenvalue weighted by molar-refractivity contribution is -0.139. The minimum Gasteiger partial charge on any atom is -0.507 e. The summed E-state index contributed by atoms with van der Waals surface area (Å²) in [5.74, 6) is -0.664. The molecule has 1 unspecified atom stereocenters. The predicted molar refractivity (Wildman–Crippen MR) is 113 cm³/mol. The topological polar surface area (TPSA) is 66.8 Å². The van der Waals surface area contributed by atoms with Crippen molar-refractivity contribution >= 4 is 17.4 Å². The molecule has 29 heavy (non-hydrogen) atoms. The van der Waals surface area contributed by atoms with E-state index in [4.69, 9.17) is 4.74 Å². The number of benzene rings is 2. The summed E-state index contributed by atoms with van der Waals surface area (Å²) in [6.45, 7) is 7.00. The zero-order chi connectivity index (χ0) is 21.0. The molecule has 3 rings (SSSR count). The van der Waals surface area contributed by atoms with Gasteiger partial charge in [-0.1, -0.05) is 38.1 Å². The highest BCUT2D eigenvalue weighted by atomic mass is 16.5. The fourth-order valence-corrected chi connectivity index (χ4v) is 3.65. The molecule has 1 saturated heterocycles. The molecule has 0 saturated carbocycles. The number of aliphatic hydroxyl groups is 1. The van der Waals surface area contributed by atoms with E-state index < -0.39 is 17.7 Å². The molecule has 2 aromatic carbocycles. The summed E-state index contributed by atoms with van der Waals surface area (Å²) >= 11 is 0. The van der Waals surface area contributed by atoms with Gasteiger partial charge in [0.2, 0.25) is 0 Å². The van der Waals surface area contributed by atoms with Crippen LogP contribution in [0.1, 0.15) is 49.4 Å². The number of amides is 1. The first kappa shape index (κ1) is 20.6. The first-order valence-corrected chi connectivity index (χ1v) is 10.1. The Bertz CT molecular complexity index is 930. The van der Waals surface area contributed by atoms with E-state index in [0.29, 0.717) is 24.5 Å². The van der Waals surface area contributed by atoms with Crippen LogP contribution in [-0.2, 0) is 9.59 Å². The molecule has 1 N–H and O–H groups in total. The molecule has 1 amide bonds. The van der Waals surface area contributed by atoms with Crippen LogP contribution in [-0.4, -0.2) is 34.8 Å². The van der Waals surface area contributed by atoms with Crippen molar-refractivity contribution in [3.8, 4) is 5.75 Å². The average Bonchev–Trinajstić information content (AvgIpc) is 2.97. The number of aryl methyl sites for hydroxylation is 1. The fourth-order valence-electron chi connectivity index (χ4n) is 3.65. The van der Waals surface area contributed by atoms with Crippen molar-refractivity contribution in [2.24, 2.45) is 0 Å². The molecule has 1 heterocycles. The van der Waals surface area contributed by atoms with E-state index in [1.807, 2.05) is 45.0 Å². The van der Waals surface area contributed by atoms with Crippen molar-refractivity contribution in [3.63, 3.8) is 0 Å². The van der Waals surface area contributed by atoms with Crippen LogP contribution in [0.3, 0.4) is 0 Å². The normalized spacial score (nSPS) is 18.3. The summed E-state index contributed by atoms with van der Waals surface area (Å²) in [5, 5.41) is 11.0. The second kappa shape index (κ2) is 8.95. The maximum atomic E-state index is 12.9. The molecule has 0 radical (unpaired) electrons. The molecule has 1 aliphatic rings. The molecule has 1 fully saturated rings. The summed E-state index contributed by atoms with van der Waals surface area (Å²) in [4.78, 5) is 27.2. The third-order valence-electron chi connectivity index (χ3n) is 5.09. The number of Topliss-reactive ketones (excluding diaryl/α,β-unsaturated/α-hetero) is 1. The number of ketones is 1. The number of hydrogen-bond acceptors (Lipinski definition) is 4. The van der Waals surface area contributed by atoms with Crippen LogP contribution >= 0.6 is 0 Å². The molecule has 0 aromatic heterocycles. The van der Waals surface area contributed by atoms with Crippen LogP contribution in [0.15, 0.2) is 54.1 Å². The summed E-state index contributed by atoms with van der Waals surface area (Å²) in [6.07, 6.45) is 1.62. The average molecular weight is 393 g/mol. The smallest absolute Gasteiger partial charge is 0.295 e. The number of nitrogens with zero attached hydrogens (tertiary/aromatic N) is 1. The molecule has 0 spiro atoms. The van der Waals surface area contributed by atoms with E-state index in [0.717, 1.165) is 24.0 Å². The SMILES string of the molecule is CCCOc1ccc(/C(O)=C2/C(=O)C(=O)N(CCC)C2c2ccccc2C)cc1. The predicted octanol–water partition coefficient (Wildman–Crippen LogP) is 4.62. The van der Waals surface area contributed by atoms with Crippen molar-refractivity contribution in [3.05, 3.63) is 70.8 Å². The van der Waals surface area contributed by atoms with Gasteiger partial charge in [0, 0.05) is 12.1 Å². The van der Waals surface area contributed by atoms with Gasteiger partial charge in [0.25, 0.3) is 11.7 Å². The highest BCUT2D eigenvalue weighted by Gasteiger charge is 2.46. The first-order valence-electron chi connectivity index (χ1n) is 10.1. The van der Waals surface area contributed by atoms with Gasteiger partial charge in [-0.05, 0) is 55.2 Å². The number of hydrogen-bond donors (Lipinski definition) is 1. The molecule has 0 bridgehead atoms. The van der Waals surface area contributed by atoms with Crippen molar-refractivity contribution < 1.29 is 19.4 Å². The molecule has 152 valence electrons. The Labute approximate surface area is 171 Å².